The third-order valence-electron chi connectivity index (χ3n) is 4.23. The molecule has 0 unspecified atom stereocenters. The monoisotopic (exact) mass is 341 g/mol. The second-order valence-electron chi connectivity index (χ2n) is 5.78. The van der Waals surface area contributed by atoms with Crippen LogP contribution in [0.4, 0.5) is 0 Å². The van der Waals surface area contributed by atoms with E-state index in [1.807, 2.05) is 17.5 Å². The summed E-state index contributed by atoms with van der Waals surface area (Å²) in [7, 11) is 1.66. The molecule has 0 aliphatic carbocycles. The van der Waals surface area contributed by atoms with Gasteiger partial charge in [-0.25, -0.2) is 0 Å². The summed E-state index contributed by atoms with van der Waals surface area (Å²) in [6.07, 6.45) is 3.94. The Hall–Kier alpha value is -2.67. The molecule has 6 nitrogen and oxygen atoms in total. The van der Waals surface area contributed by atoms with Crippen molar-refractivity contribution in [3.05, 3.63) is 63.2 Å². The van der Waals surface area contributed by atoms with E-state index in [1.54, 1.807) is 24.3 Å². The number of hydrogen-bond donors (Lipinski definition) is 0. The highest BCUT2D eigenvalue weighted by Gasteiger charge is 2.26. The second kappa shape index (κ2) is 5.76. The zero-order chi connectivity index (χ0) is 16.7. The molecule has 7 heteroatoms. The number of rotatable bonds is 2. The zero-order valence-corrected chi connectivity index (χ0v) is 13.9. The van der Waals surface area contributed by atoms with E-state index in [-0.39, 0.29) is 11.5 Å². The Kier molecular flexibility index (Phi) is 3.57. The fourth-order valence-corrected chi connectivity index (χ4v) is 3.68. The fraction of sp³-hybridized carbons (Fsp3) is 0.235. The molecule has 0 radical (unpaired) electrons. The highest BCUT2D eigenvalue weighted by Crippen LogP contribution is 2.29. The average Bonchev–Trinajstić information content (AvgIpc) is 3.26. The second-order valence-corrected chi connectivity index (χ2v) is 6.73. The highest BCUT2D eigenvalue weighted by atomic mass is 32.1. The number of thiophene rings is 1. The number of aryl methyl sites for hydroxylation is 1. The summed E-state index contributed by atoms with van der Waals surface area (Å²) >= 11 is 1.51. The van der Waals surface area contributed by atoms with Crippen molar-refractivity contribution in [2.24, 2.45) is 7.05 Å². The van der Waals surface area contributed by atoms with Crippen LogP contribution in [0.25, 0.3) is 10.4 Å². The number of carbonyl (C=O) groups is 1. The molecule has 0 saturated carbocycles. The molecule has 0 saturated heterocycles. The first-order chi connectivity index (χ1) is 11.6. The van der Waals surface area contributed by atoms with Crippen LogP contribution in [0.2, 0.25) is 0 Å². The lowest BCUT2D eigenvalue weighted by Gasteiger charge is -2.26. The van der Waals surface area contributed by atoms with Crippen LogP contribution in [0.5, 0.6) is 0 Å². The molecule has 0 atom stereocenters. The molecule has 24 heavy (non-hydrogen) atoms. The first-order valence-electron chi connectivity index (χ1n) is 7.60. The van der Waals surface area contributed by atoms with E-state index >= 15 is 0 Å². The molecule has 4 rings (SSSR count). The molecule has 0 N–H and O–H groups in total. The van der Waals surface area contributed by atoms with Crippen molar-refractivity contribution in [2.75, 3.05) is 6.54 Å². The van der Waals surface area contributed by atoms with Crippen LogP contribution >= 0.6 is 11.3 Å². The van der Waals surface area contributed by atoms with Gasteiger partial charge in [0.25, 0.3) is 11.5 Å². The van der Waals surface area contributed by atoms with Crippen molar-refractivity contribution >= 4 is 17.2 Å². The molecule has 1 amide bonds. The summed E-state index contributed by atoms with van der Waals surface area (Å²) < 4.78 is 6.62. The van der Waals surface area contributed by atoms with Crippen LogP contribution in [0.3, 0.4) is 0 Å². The number of pyridine rings is 1. The van der Waals surface area contributed by atoms with E-state index in [4.69, 9.17) is 4.52 Å². The molecular formula is C17H15N3O3S. The van der Waals surface area contributed by atoms with Gasteiger partial charge in [0, 0.05) is 48.3 Å². The molecule has 0 spiro atoms. The van der Waals surface area contributed by atoms with Crippen LogP contribution in [0.1, 0.15) is 21.7 Å². The molecule has 4 heterocycles. The van der Waals surface area contributed by atoms with Crippen molar-refractivity contribution in [3.63, 3.8) is 0 Å². The molecular weight excluding hydrogens is 326 g/mol. The number of nitrogens with zero attached hydrogens (tertiary/aromatic N) is 3. The smallest absolute Gasteiger partial charge is 0.256 e. The van der Waals surface area contributed by atoms with Crippen LogP contribution < -0.4 is 5.56 Å². The van der Waals surface area contributed by atoms with E-state index in [1.165, 1.54) is 22.0 Å². The Balaban J connectivity index is 1.75. The van der Waals surface area contributed by atoms with Gasteiger partial charge in [0.15, 0.2) is 0 Å². The molecule has 122 valence electrons. The first kappa shape index (κ1) is 14.9. The standard InChI is InChI=1S/C17H15N3O3S/c1-19-10-13(12(7-16(19)21)15-3-2-6-24-15)17(22)20-5-4-14-11(9-20)8-18-23-14/h2-3,6-8,10H,4-5,9H2,1H3. The van der Waals surface area contributed by atoms with Gasteiger partial charge in [-0.15, -0.1) is 11.3 Å². The molecule has 0 bridgehead atoms. The maximum Gasteiger partial charge on any atom is 0.256 e. The summed E-state index contributed by atoms with van der Waals surface area (Å²) in [5.41, 5.74) is 2.04. The Bertz CT molecular complexity index is 956. The Morgan fingerprint density at radius 3 is 3.08 bits per heavy atom. The van der Waals surface area contributed by atoms with Crippen LogP contribution in [-0.4, -0.2) is 27.1 Å². The third kappa shape index (κ3) is 2.46. The Morgan fingerprint density at radius 2 is 2.29 bits per heavy atom. The van der Waals surface area contributed by atoms with E-state index in [0.29, 0.717) is 30.6 Å². The fourth-order valence-electron chi connectivity index (χ4n) is 2.92. The van der Waals surface area contributed by atoms with Gasteiger partial charge in [-0.3, -0.25) is 9.59 Å². The minimum atomic E-state index is -0.130. The quantitative estimate of drug-likeness (QED) is 0.717. The van der Waals surface area contributed by atoms with Crippen molar-refractivity contribution in [1.29, 1.82) is 0 Å². The van der Waals surface area contributed by atoms with Gasteiger partial charge >= 0.3 is 0 Å². The molecule has 1 aliphatic rings. The molecule has 3 aromatic rings. The zero-order valence-electron chi connectivity index (χ0n) is 13.1. The third-order valence-corrected chi connectivity index (χ3v) is 5.14. The van der Waals surface area contributed by atoms with Crippen molar-refractivity contribution in [2.45, 2.75) is 13.0 Å². The topological polar surface area (TPSA) is 68.3 Å². The SMILES string of the molecule is Cn1cc(C(=O)N2CCc3oncc3C2)c(-c2cccs2)cc1=O. The average molecular weight is 341 g/mol. The molecule has 1 aliphatic heterocycles. The number of aromatic nitrogens is 2. The molecule has 0 fully saturated rings. The Labute approximate surface area is 141 Å². The van der Waals surface area contributed by atoms with Gasteiger partial charge in [0.05, 0.1) is 18.3 Å². The lowest BCUT2D eigenvalue weighted by molar-refractivity contribution is 0.0729. The molecule has 0 aromatic carbocycles. The van der Waals surface area contributed by atoms with Crippen LogP contribution in [-0.2, 0) is 20.0 Å². The number of hydrogen-bond acceptors (Lipinski definition) is 5. The minimum absolute atomic E-state index is 0.0825. The highest BCUT2D eigenvalue weighted by molar-refractivity contribution is 7.13. The van der Waals surface area contributed by atoms with E-state index < -0.39 is 0 Å². The predicted octanol–water partition coefficient (Wildman–Crippen LogP) is 2.30. The summed E-state index contributed by atoms with van der Waals surface area (Å²) in [5, 5.41) is 5.73. The van der Waals surface area contributed by atoms with Crippen molar-refractivity contribution < 1.29 is 9.32 Å². The van der Waals surface area contributed by atoms with Gasteiger partial charge < -0.3 is 14.0 Å². The Morgan fingerprint density at radius 1 is 1.42 bits per heavy atom. The number of carbonyl (C=O) groups excluding carboxylic acids is 1. The maximum absolute atomic E-state index is 13.1. The van der Waals surface area contributed by atoms with E-state index in [9.17, 15) is 9.59 Å². The van der Waals surface area contributed by atoms with Crippen LogP contribution in [0, 0.1) is 0 Å². The van der Waals surface area contributed by atoms with E-state index in [2.05, 4.69) is 5.16 Å². The largest absolute Gasteiger partial charge is 0.361 e. The summed E-state index contributed by atoms with van der Waals surface area (Å²) in [6, 6.07) is 5.37. The molecule has 3 aromatic heterocycles. The normalized spacial score (nSPS) is 13.8. The summed E-state index contributed by atoms with van der Waals surface area (Å²) in [4.78, 5) is 27.8. The summed E-state index contributed by atoms with van der Waals surface area (Å²) in [6.45, 7) is 1.05. The lowest BCUT2D eigenvalue weighted by atomic mass is 10.0. The summed E-state index contributed by atoms with van der Waals surface area (Å²) in [5.74, 6) is 0.763. The van der Waals surface area contributed by atoms with Gasteiger partial charge in [-0.05, 0) is 11.4 Å². The van der Waals surface area contributed by atoms with Crippen molar-refractivity contribution in [3.8, 4) is 10.4 Å². The van der Waals surface area contributed by atoms with Gasteiger partial charge in [-0.1, -0.05) is 11.2 Å². The first-order valence-corrected chi connectivity index (χ1v) is 8.47. The lowest BCUT2D eigenvalue weighted by Crippen LogP contribution is -2.36. The van der Waals surface area contributed by atoms with Gasteiger partial charge in [0.2, 0.25) is 0 Å². The van der Waals surface area contributed by atoms with Gasteiger partial charge in [-0.2, -0.15) is 0 Å². The minimum Gasteiger partial charge on any atom is -0.361 e. The van der Waals surface area contributed by atoms with Crippen molar-refractivity contribution in [1.82, 2.24) is 14.6 Å². The number of fused-ring (bicyclic) bond motifs is 1. The van der Waals surface area contributed by atoms with Crippen LogP contribution in [0.15, 0.2) is 45.3 Å². The number of amides is 1. The maximum atomic E-state index is 13.1. The van der Waals surface area contributed by atoms with Gasteiger partial charge in [0.1, 0.15) is 5.76 Å². The predicted molar refractivity (Wildman–Crippen MR) is 89.9 cm³/mol. The van der Waals surface area contributed by atoms with E-state index in [0.717, 1.165) is 16.2 Å².